The first-order chi connectivity index (χ1) is 8.63. The van der Waals surface area contributed by atoms with Gasteiger partial charge in [0.2, 0.25) is 0 Å². The van der Waals surface area contributed by atoms with Gasteiger partial charge in [0.1, 0.15) is 0 Å². The second kappa shape index (κ2) is 10.8. The topological polar surface area (TPSA) is 52.6 Å². The maximum absolute atomic E-state index is 11.4. The predicted molar refractivity (Wildman–Crippen MR) is 69.8 cm³/mol. The Labute approximate surface area is 109 Å². The van der Waals surface area contributed by atoms with Crippen molar-refractivity contribution in [2.45, 2.75) is 52.4 Å². The van der Waals surface area contributed by atoms with E-state index in [1.54, 1.807) is 0 Å². The lowest BCUT2D eigenvalue weighted by Crippen LogP contribution is -2.15. The quantitative estimate of drug-likeness (QED) is 0.445. The Balaban J connectivity index is 3.73. The van der Waals surface area contributed by atoms with E-state index in [4.69, 9.17) is 4.74 Å². The highest BCUT2D eigenvalue weighted by Crippen LogP contribution is 2.13. The third-order valence-electron chi connectivity index (χ3n) is 2.77. The zero-order valence-electron chi connectivity index (χ0n) is 11.4. The van der Waals surface area contributed by atoms with Crippen LogP contribution in [0.3, 0.4) is 0 Å². The zero-order chi connectivity index (χ0) is 13.8. The summed E-state index contributed by atoms with van der Waals surface area (Å²) in [5.74, 6) is -0.375. The molecule has 0 fully saturated rings. The molecule has 18 heavy (non-hydrogen) atoms. The SMILES string of the molecule is C=COC(=O)CCC(=O)OCC(CC)CCCC. The van der Waals surface area contributed by atoms with Gasteiger partial charge in [-0.15, -0.1) is 0 Å². The lowest BCUT2D eigenvalue weighted by Gasteiger charge is -2.14. The van der Waals surface area contributed by atoms with Gasteiger partial charge in [0.05, 0.1) is 25.7 Å². The minimum absolute atomic E-state index is 0.0383. The molecule has 0 bridgehead atoms. The Kier molecular flexibility index (Phi) is 10.0. The second-order valence-corrected chi connectivity index (χ2v) is 4.26. The molecule has 0 heterocycles. The van der Waals surface area contributed by atoms with Crippen LogP contribution < -0.4 is 0 Å². The number of ether oxygens (including phenoxy) is 2. The molecule has 4 heteroatoms. The van der Waals surface area contributed by atoms with Crippen molar-refractivity contribution in [3.05, 3.63) is 12.8 Å². The summed E-state index contributed by atoms with van der Waals surface area (Å²) in [4.78, 5) is 22.4. The average molecular weight is 256 g/mol. The number of hydrogen-bond donors (Lipinski definition) is 0. The fourth-order valence-electron chi connectivity index (χ4n) is 1.54. The lowest BCUT2D eigenvalue weighted by atomic mass is 10.0. The lowest BCUT2D eigenvalue weighted by molar-refractivity contribution is -0.149. The van der Waals surface area contributed by atoms with Crippen molar-refractivity contribution in [3.8, 4) is 0 Å². The van der Waals surface area contributed by atoms with Gasteiger partial charge in [-0.1, -0.05) is 39.7 Å². The summed E-state index contributed by atoms with van der Waals surface area (Å²) < 4.78 is 9.66. The summed E-state index contributed by atoms with van der Waals surface area (Å²) in [6.45, 7) is 7.95. The van der Waals surface area contributed by atoms with Gasteiger partial charge in [-0.3, -0.25) is 9.59 Å². The molecule has 0 radical (unpaired) electrons. The van der Waals surface area contributed by atoms with E-state index in [-0.39, 0.29) is 18.8 Å². The number of hydrogen-bond acceptors (Lipinski definition) is 4. The maximum Gasteiger partial charge on any atom is 0.311 e. The van der Waals surface area contributed by atoms with Crippen molar-refractivity contribution >= 4 is 11.9 Å². The van der Waals surface area contributed by atoms with E-state index in [1.165, 1.54) is 0 Å². The first-order valence-corrected chi connectivity index (χ1v) is 6.60. The first kappa shape index (κ1) is 16.7. The molecule has 0 rings (SSSR count). The van der Waals surface area contributed by atoms with Crippen LogP contribution in [0.5, 0.6) is 0 Å². The van der Waals surface area contributed by atoms with Crippen molar-refractivity contribution in [3.63, 3.8) is 0 Å². The molecule has 0 aliphatic rings. The molecule has 4 nitrogen and oxygen atoms in total. The Bertz CT molecular complexity index is 261. The molecular formula is C14H24O4. The molecule has 1 unspecified atom stereocenters. The predicted octanol–water partition coefficient (Wildman–Crippen LogP) is 3.21. The van der Waals surface area contributed by atoms with Crippen LogP contribution in [0.15, 0.2) is 12.8 Å². The van der Waals surface area contributed by atoms with Crippen molar-refractivity contribution in [2.24, 2.45) is 5.92 Å². The van der Waals surface area contributed by atoms with Crippen LogP contribution in [0.2, 0.25) is 0 Å². The summed E-state index contributed by atoms with van der Waals surface area (Å²) in [5, 5.41) is 0. The Hall–Kier alpha value is -1.32. The largest absolute Gasteiger partial charge is 0.465 e. The zero-order valence-corrected chi connectivity index (χ0v) is 11.4. The molecule has 0 saturated heterocycles. The molecule has 0 N–H and O–H groups in total. The fourth-order valence-corrected chi connectivity index (χ4v) is 1.54. The second-order valence-electron chi connectivity index (χ2n) is 4.26. The summed E-state index contributed by atoms with van der Waals surface area (Å²) in [7, 11) is 0. The minimum atomic E-state index is -0.458. The van der Waals surface area contributed by atoms with Crippen LogP contribution >= 0.6 is 0 Å². The highest BCUT2D eigenvalue weighted by atomic mass is 16.5. The fraction of sp³-hybridized carbons (Fsp3) is 0.714. The van der Waals surface area contributed by atoms with E-state index in [0.29, 0.717) is 12.5 Å². The van der Waals surface area contributed by atoms with Crippen molar-refractivity contribution in [2.75, 3.05) is 6.61 Å². The smallest absolute Gasteiger partial charge is 0.311 e. The normalized spacial score (nSPS) is 11.7. The molecule has 0 aromatic carbocycles. The van der Waals surface area contributed by atoms with E-state index in [1.807, 2.05) is 0 Å². The summed E-state index contributed by atoms with van der Waals surface area (Å²) in [6.07, 6.45) is 5.56. The van der Waals surface area contributed by atoms with Crippen molar-refractivity contribution in [1.82, 2.24) is 0 Å². The molecule has 0 aromatic rings. The van der Waals surface area contributed by atoms with Gasteiger partial charge in [-0.05, 0) is 12.3 Å². The maximum atomic E-state index is 11.4. The number of esters is 2. The first-order valence-electron chi connectivity index (χ1n) is 6.60. The molecule has 0 saturated carbocycles. The molecular weight excluding hydrogens is 232 g/mol. The Morgan fingerprint density at radius 1 is 1.22 bits per heavy atom. The van der Waals surface area contributed by atoms with E-state index in [2.05, 4.69) is 25.2 Å². The number of unbranched alkanes of at least 4 members (excludes halogenated alkanes) is 1. The summed E-state index contributed by atoms with van der Waals surface area (Å²) in [5.41, 5.74) is 0. The van der Waals surface area contributed by atoms with E-state index >= 15 is 0 Å². The molecule has 0 amide bonds. The highest BCUT2D eigenvalue weighted by molar-refractivity contribution is 5.77. The van der Waals surface area contributed by atoms with E-state index in [0.717, 1.165) is 31.9 Å². The number of carbonyl (C=O) groups is 2. The third-order valence-corrected chi connectivity index (χ3v) is 2.77. The van der Waals surface area contributed by atoms with Gasteiger partial charge in [-0.25, -0.2) is 0 Å². The van der Waals surface area contributed by atoms with Crippen LogP contribution in [0.25, 0.3) is 0 Å². The van der Waals surface area contributed by atoms with E-state index in [9.17, 15) is 9.59 Å². The van der Waals surface area contributed by atoms with Crippen LogP contribution in [0, 0.1) is 5.92 Å². The van der Waals surface area contributed by atoms with Crippen molar-refractivity contribution < 1.29 is 19.1 Å². The van der Waals surface area contributed by atoms with E-state index < -0.39 is 5.97 Å². The van der Waals surface area contributed by atoms with Gasteiger partial charge < -0.3 is 9.47 Å². The number of rotatable bonds is 10. The van der Waals surface area contributed by atoms with Crippen LogP contribution in [0.1, 0.15) is 52.4 Å². The van der Waals surface area contributed by atoms with Crippen LogP contribution in [0.4, 0.5) is 0 Å². The molecule has 1 atom stereocenters. The summed E-state index contributed by atoms with van der Waals surface area (Å²) in [6, 6.07) is 0. The molecule has 0 aliphatic heterocycles. The van der Waals surface area contributed by atoms with Gasteiger partial charge in [-0.2, -0.15) is 0 Å². The van der Waals surface area contributed by atoms with Crippen LogP contribution in [-0.4, -0.2) is 18.5 Å². The Morgan fingerprint density at radius 2 is 1.89 bits per heavy atom. The molecule has 104 valence electrons. The van der Waals surface area contributed by atoms with Gasteiger partial charge in [0.25, 0.3) is 0 Å². The molecule has 0 spiro atoms. The Morgan fingerprint density at radius 3 is 2.44 bits per heavy atom. The van der Waals surface area contributed by atoms with Gasteiger partial charge in [0, 0.05) is 0 Å². The standard InChI is InChI=1S/C14H24O4/c1-4-7-8-12(5-2)11-18-14(16)10-9-13(15)17-6-3/h6,12H,3-5,7-11H2,1-2H3. The monoisotopic (exact) mass is 256 g/mol. The third kappa shape index (κ3) is 8.79. The molecule has 0 aromatic heterocycles. The minimum Gasteiger partial charge on any atom is -0.465 e. The number of carbonyl (C=O) groups excluding carboxylic acids is 2. The highest BCUT2D eigenvalue weighted by Gasteiger charge is 2.11. The van der Waals surface area contributed by atoms with Crippen LogP contribution in [-0.2, 0) is 19.1 Å². The van der Waals surface area contributed by atoms with Crippen molar-refractivity contribution in [1.29, 1.82) is 0 Å². The summed E-state index contributed by atoms with van der Waals surface area (Å²) >= 11 is 0. The van der Waals surface area contributed by atoms with Gasteiger partial charge in [0.15, 0.2) is 0 Å². The van der Waals surface area contributed by atoms with Gasteiger partial charge >= 0.3 is 11.9 Å². The average Bonchev–Trinajstić information content (AvgIpc) is 2.37. The molecule has 0 aliphatic carbocycles.